The van der Waals surface area contributed by atoms with Crippen LogP contribution in [0.3, 0.4) is 0 Å². The Balaban J connectivity index is -0.000000350. The molecule has 168 valence electrons. The van der Waals surface area contributed by atoms with E-state index >= 15 is 0 Å². The van der Waals surface area contributed by atoms with Gasteiger partial charge >= 0.3 is 68.0 Å². The van der Waals surface area contributed by atoms with Crippen LogP contribution in [0.25, 0.3) is 0 Å². The van der Waals surface area contributed by atoms with Crippen molar-refractivity contribution in [2.75, 3.05) is 13.2 Å². The minimum absolute atomic E-state index is 0.234. The molecule has 8 nitrogen and oxygen atoms in total. The minimum atomic E-state index is -1.28. The summed E-state index contributed by atoms with van der Waals surface area (Å²) in [6.07, 6.45) is 5.46. The molecule has 0 aromatic rings. The number of carboxylic acid groups (broad SMARTS) is 2. The summed E-state index contributed by atoms with van der Waals surface area (Å²) in [7, 11) is 0. The Hall–Kier alpha value is -1.00. The molecule has 0 N–H and O–H groups in total. The molecule has 0 saturated carbocycles. The molecule has 0 fully saturated rings. The van der Waals surface area contributed by atoms with E-state index < -0.39 is 46.8 Å². The van der Waals surface area contributed by atoms with Crippen molar-refractivity contribution in [1.29, 1.82) is 0 Å². The van der Waals surface area contributed by atoms with Gasteiger partial charge in [-0.25, -0.2) is 0 Å². The fourth-order valence-corrected chi connectivity index (χ4v) is 3.45. The van der Waals surface area contributed by atoms with Crippen molar-refractivity contribution in [2.45, 2.75) is 91.9 Å². The van der Waals surface area contributed by atoms with E-state index in [1.807, 2.05) is 13.8 Å². The average molecular weight is 523 g/mol. The van der Waals surface area contributed by atoms with Crippen LogP contribution in [-0.4, -0.2) is 58.7 Å². The first-order valence-electron chi connectivity index (χ1n) is 10.2. The summed E-state index contributed by atoms with van der Waals surface area (Å²) in [4.78, 5) is 40.9. The van der Waals surface area contributed by atoms with Crippen LogP contribution in [0, 0.1) is 0 Å². The van der Waals surface area contributed by atoms with E-state index in [0.29, 0.717) is 12.8 Å². The third-order valence-electron chi connectivity index (χ3n) is 3.03. The predicted octanol–water partition coefficient (Wildman–Crippen LogP) is 1.15. The Kier molecular flexibility index (Phi) is 30.4. The van der Waals surface area contributed by atoms with Crippen molar-refractivity contribution in [1.82, 2.24) is 0 Å². The zero-order valence-electron chi connectivity index (χ0n) is 18.3. The Labute approximate surface area is 186 Å². The SMILES string of the molecule is CCCCC(=O)CC(=O)[O-].CCCCC(=O)CC(=O)[O-].CCC[O][Sn+2][O]CCC. The molecule has 0 aliphatic heterocycles. The summed E-state index contributed by atoms with van der Waals surface area (Å²) in [5.41, 5.74) is 0. The molecule has 0 spiro atoms. The standard InChI is InChI=1S/2C7H12O3.2C3H7O.Sn/c2*1-2-3-4-6(8)5-7(9)10;2*1-2-3-4;/h2*2-5H2,1H3,(H,9,10);2*2-3H2,1H3;/q;;2*-1;+4/p-2. The van der Waals surface area contributed by atoms with E-state index in [-0.39, 0.29) is 11.6 Å². The quantitative estimate of drug-likeness (QED) is 0.167. The monoisotopic (exact) mass is 524 g/mol. The number of rotatable bonds is 16. The molecule has 0 aliphatic rings. The molecule has 0 saturated heterocycles. The van der Waals surface area contributed by atoms with Crippen LogP contribution < -0.4 is 10.2 Å². The molecule has 0 bridgehead atoms. The summed E-state index contributed by atoms with van der Waals surface area (Å²) < 4.78 is 10.5. The zero-order valence-corrected chi connectivity index (χ0v) is 21.1. The molecule has 9 heteroatoms. The first kappa shape index (κ1) is 32.7. The number of aliphatic carboxylic acids is 2. The van der Waals surface area contributed by atoms with Crippen LogP contribution in [0.4, 0.5) is 0 Å². The summed E-state index contributed by atoms with van der Waals surface area (Å²) in [5.74, 6) is -3.02. The number of unbranched alkanes of at least 4 members (excludes halogenated alkanes) is 2. The van der Waals surface area contributed by atoms with Gasteiger partial charge in [0.1, 0.15) is 11.6 Å². The van der Waals surface area contributed by atoms with Gasteiger partial charge in [-0.1, -0.05) is 26.7 Å². The van der Waals surface area contributed by atoms with Crippen LogP contribution in [0.15, 0.2) is 0 Å². The third-order valence-corrected chi connectivity index (χ3v) is 4.87. The Morgan fingerprint density at radius 3 is 1.24 bits per heavy atom. The number of carbonyl (C=O) groups is 4. The van der Waals surface area contributed by atoms with Gasteiger partial charge in [-0.3, -0.25) is 9.59 Å². The molecule has 29 heavy (non-hydrogen) atoms. The van der Waals surface area contributed by atoms with Crippen molar-refractivity contribution >= 4 is 45.5 Å². The summed E-state index contributed by atoms with van der Waals surface area (Å²) in [6.45, 7) is 9.89. The normalized spacial score (nSPS) is 9.24. The van der Waals surface area contributed by atoms with Crippen LogP contribution in [0.5, 0.6) is 0 Å². The van der Waals surface area contributed by atoms with Crippen LogP contribution in [0.1, 0.15) is 91.9 Å². The predicted molar refractivity (Wildman–Crippen MR) is 107 cm³/mol. The molecule has 0 aromatic heterocycles. The van der Waals surface area contributed by atoms with Crippen LogP contribution in [0.2, 0.25) is 0 Å². The number of ketones is 2. The van der Waals surface area contributed by atoms with Gasteiger partial charge in [0.05, 0.1) is 0 Å². The van der Waals surface area contributed by atoms with Crippen molar-refractivity contribution < 1.29 is 35.5 Å². The van der Waals surface area contributed by atoms with E-state index in [9.17, 15) is 29.4 Å². The van der Waals surface area contributed by atoms with E-state index in [0.717, 1.165) is 51.7 Å². The second-order valence-corrected chi connectivity index (χ2v) is 8.29. The molecular weight excluding hydrogens is 487 g/mol. The van der Waals surface area contributed by atoms with Gasteiger partial charge in [0.2, 0.25) is 0 Å². The molecule has 0 aromatic carbocycles. The molecule has 0 unspecified atom stereocenters. The number of carboxylic acids is 2. The number of carbonyl (C=O) groups excluding carboxylic acids is 4. The summed E-state index contributed by atoms with van der Waals surface area (Å²) >= 11 is -0.851. The number of hydrogen-bond acceptors (Lipinski definition) is 8. The fraction of sp³-hybridized carbons (Fsp3) is 0.800. The van der Waals surface area contributed by atoms with Crippen molar-refractivity contribution in [3.05, 3.63) is 0 Å². The molecule has 0 aliphatic carbocycles. The Morgan fingerprint density at radius 2 is 1.00 bits per heavy atom. The Bertz CT molecular complexity index is 389. The van der Waals surface area contributed by atoms with E-state index in [2.05, 4.69) is 13.8 Å². The van der Waals surface area contributed by atoms with E-state index in [1.54, 1.807) is 0 Å². The number of Topliss-reactive ketones (excluding diaryl/α,β-unsaturated/α-hetero) is 2. The third kappa shape index (κ3) is 38.3. The fourth-order valence-electron chi connectivity index (χ4n) is 1.58. The van der Waals surface area contributed by atoms with Gasteiger partial charge < -0.3 is 19.8 Å². The first-order valence-corrected chi connectivity index (χ1v) is 12.5. The molecule has 0 heterocycles. The second kappa shape index (κ2) is 27.0. The van der Waals surface area contributed by atoms with Gasteiger partial charge in [0.15, 0.2) is 0 Å². The van der Waals surface area contributed by atoms with Gasteiger partial charge in [0.25, 0.3) is 0 Å². The van der Waals surface area contributed by atoms with Crippen molar-refractivity contribution in [3.63, 3.8) is 0 Å². The van der Waals surface area contributed by atoms with Crippen LogP contribution >= 0.6 is 0 Å². The van der Waals surface area contributed by atoms with Crippen molar-refractivity contribution in [3.8, 4) is 0 Å². The van der Waals surface area contributed by atoms with E-state index in [4.69, 9.17) is 6.15 Å². The van der Waals surface area contributed by atoms with Gasteiger partial charge in [-0.05, 0) is 12.8 Å². The average Bonchev–Trinajstić information content (AvgIpc) is 2.64. The topological polar surface area (TPSA) is 133 Å². The molecule has 0 rings (SSSR count). The van der Waals surface area contributed by atoms with Gasteiger partial charge in [-0.2, -0.15) is 0 Å². The summed E-state index contributed by atoms with van der Waals surface area (Å²) in [5, 5.41) is 19.7. The molecule has 0 atom stereocenters. The molecular formula is C20H36O8Sn. The maximum atomic E-state index is 10.6. The van der Waals surface area contributed by atoms with Crippen LogP contribution in [-0.2, 0) is 25.3 Å². The summed E-state index contributed by atoms with van der Waals surface area (Å²) in [6, 6.07) is 0. The van der Waals surface area contributed by atoms with Crippen molar-refractivity contribution in [2.24, 2.45) is 0 Å². The number of hydrogen-bond donors (Lipinski definition) is 0. The zero-order chi connectivity index (χ0) is 22.9. The maximum absolute atomic E-state index is 10.6. The Morgan fingerprint density at radius 1 is 0.655 bits per heavy atom. The van der Waals surface area contributed by atoms with E-state index in [1.165, 1.54) is 0 Å². The second-order valence-electron chi connectivity index (χ2n) is 6.16. The van der Waals surface area contributed by atoms with Gasteiger partial charge in [-0.15, -0.1) is 0 Å². The van der Waals surface area contributed by atoms with Gasteiger partial charge in [0, 0.05) is 37.6 Å². The molecule has 0 amide bonds. The first-order chi connectivity index (χ1) is 13.7. The molecule has 0 radical (unpaired) electrons.